The number of carboxylic acid groups (broad SMARTS) is 1. The molecule has 0 radical (unpaired) electrons. The fourth-order valence-corrected chi connectivity index (χ4v) is 3.52. The van der Waals surface area contributed by atoms with Gasteiger partial charge in [-0.2, -0.15) is 11.8 Å². The molecular weight excluding hydrogens is 288 g/mol. The molecule has 1 heterocycles. The second-order valence-corrected chi connectivity index (χ2v) is 6.98. The first-order valence-electron chi connectivity index (χ1n) is 5.69. The summed E-state index contributed by atoms with van der Waals surface area (Å²) in [5.74, 6) is -0.293. The molecule has 0 bridgehead atoms. The Kier molecular flexibility index (Phi) is 5.45. The van der Waals surface area contributed by atoms with Gasteiger partial charge in [0.05, 0.1) is 0 Å². The highest BCUT2D eigenvalue weighted by molar-refractivity contribution is 7.98. The molecule has 1 rings (SSSR count). The highest BCUT2D eigenvalue weighted by Crippen LogP contribution is 2.14. The summed E-state index contributed by atoms with van der Waals surface area (Å²) in [5.41, 5.74) is -0.0582. The Hall–Kier alpha value is -0.990. The van der Waals surface area contributed by atoms with Crippen LogP contribution in [-0.2, 0) is 17.1 Å². The van der Waals surface area contributed by atoms with Crippen molar-refractivity contribution in [2.45, 2.75) is 24.3 Å². The van der Waals surface area contributed by atoms with Gasteiger partial charge in [0.2, 0.25) is 10.0 Å². The summed E-state index contributed by atoms with van der Waals surface area (Å²) in [6.45, 7) is 1.79. The highest BCUT2D eigenvalue weighted by atomic mass is 32.2. The van der Waals surface area contributed by atoms with Crippen LogP contribution in [0, 0.1) is 0 Å². The molecule has 0 aromatic carbocycles. The molecule has 6 nitrogen and oxygen atoms in total. The van der Waals surface area contributed by atoms with E-state index in [0.717, 1.165) is 18.2 Å². The van der Waals surface area contributed by atoms with E-state index in [1.54, 1.807) is 18.7 Å². The van der Waals surface area contributed by atoms with E-state index in [1.807, 2.05) is 6.26 Å². The van der Waals surface area contributed by atoms with Crippen LogP contribution < -0.4 is 4.72 Å². The number of nitrogens with zero attached hydrogens (tertiary/aromatic N) is 1. The molecular formula is C11H18N2O4S2. The van der Waals surface area contributed by atoms with Crippen molar-refractivity contribution in [1.82, 2.24) is 9.29 Å². The molecule has 108 valence electrons. The fraction of sp³-hybridized carbons (Fsp3) is 0.545. The topological polar surface area (TPSA) is 88.4 Å². The van der Waals surface area contributed by atoms with Crippen molar-refractivity contribution in [3.8, 4) is 0 Å². The molecule has 8 heteroatoms. The van der Waals surface area contributed by atoms with Gasteiger partial charge in [-0.15, -0.1) is 0 Å². The molecule has 0 fully saturated rings. The summed E-state index contributed by atoms with van der Waals surface area (Å²) in [4.78, 5) is 10.9. The molecule has 1 aromatic heterocycles. The maximum Gasteiger partial charge on any atom is 0.352 e. The summed E-state index contributed by atoms with van der Waals surface area (Å²) in [5, 5.41) is 8.90. The third-order valence-corrected chi connectivity index (χ3v) is 4.82. The van der Waals surface area contributed by atoms with Crippen molar-refractivity contribution in [3.05, 3.63) is 18.0 Å². The lowest BCUT2D eigenvalue weighted by Gasteiger charge is -2.12. The van der Waals surface area contributed by atoms with E-state index in [4.69, 9.17) is 5.11 Å². The minimum absolute atomic E-state index is 0.0246. The Balaban J connectivity index is 2.89. The van der Waals surface area contributed by atoms with Crippen molar-refractivity contribution in [1.29, 1.82) is 0 Å². The zero-order chi connectivity index (χ0) is 14.6. The zero-order valence-corrected chi connectivity index (χ0v) is 12.7. The molecule has 0 aliphatic carbocycles. The zero-order valence-electron chi connectivity index (χ0n) is 11.1. The van der Waals surface area contributed by atoms with Crippen molar-refractivity contribution in [3.63, 3.8) is 0 Å². The summed E-state index contributed by atoms with van der Waals surface area (Å²) < 4.78 is 28.0. The average Bonchev–Trinajstić information content (AvgIpc) is 2.69. The normalized spacial score (nSPS) is 13.4. The first-order valence-corrected chi connectivity index (χ1v) is 8.56. The monoisotopic (exact) mass is 306 g/mol. The van der Waals surface area contributed by atoms with Crippen LogP contribution in [0.2, 0.25) is 0 Å². The lowest BCUT2D eigenvalue weighted by molar-refractivity contribution is 0.0686. The van der Waals surface area contributed by atoms with Crippen molar-refractivity contribution < 1.29 is 18.3 Å². The summed E-state index contributed by atoms with van der Waals surface area (Å²) >= 11 is 1.65. The van der Waals surface area contributed by atoms with Crippen LogP contribution >= 0.6 is 11.8 Å². The van der Waals surface area contributed by atoms with Gasteiger partial charge in [0.25, 0.3) is 0 Å². The third-order valence-electron chi connectivity index (χ3n) is 2.62. The molecule has 1 atom stereocenters. The predicted octanol–water partition coefficient (Wildman–Crippen LogP) is 1.14. The highest BCUT2D eigenvalue weighted by Gasteiger charge is 2.21. The van der Waals surface area contributed by atoms with Crippen molar-refractivity contribution in [2.75, 3.05) is 12.0 Å². The van der Waals surface area contributed by atoms with Crippen LogP contribution in [0.3, 0.4) is 0 Å². The van der Waals surface area contributed by atoms with Gasteiger partial charge in [-0.05, 0) is 31.4 Å². The molecule has 0 aliphatic rings. The lowest BCUT2D eigenvalue weighted by Crippen LogP contribution is -2.32. The maximum atomic E-state index is 12.1. The molecule has 1 aromatic rings. The van der Waals surface area contributed by atoms with Crippen LogP contribution in [-0.4, -0.2) is 42.1 Å². The number of hydrogen-bond acceptors (Lipinski definition) is 4. The lowest BCUT2D eigenvalue weighted by atomic mass is 10.3. The Labute approximate surface area is 117 Å². The standard InChI is InChI=1S/C11H18N2O4S2/c1-8(4-5-18-3)12-19(16,17)9-6-10(11(14)15)13(2)7-9/h6-8,12H,4-5H2,1-3H3,(H,14,15). The Morgan fingerprint density at radius 2 is 2.21 bits per heavy atom. The number of aromatic carboxylic acids is 1. The van der Waals surface area contributed by atoms with Crippen LogP contribution in [0.25, 0.3) is 0 Å². The van der Waals surface area contributed by atoms with E-state index >= 15 is 0 Å². The first-order chi connectivity index (χ1) is 8.77. The number of nitrogens with one attached hydrogen (secondary N) is 1. The number of hydrogen-bond donors (Lipinski definition) is 2. The van der Waals surface area contributed by atoms with Gasteiger partial charge in [0, 0.05) is 19.3 Å². The minimum Gasteiger partial charge on any atom is -0.477 e. The maximum absolute atomic E-state index is 12.1. The number of thioether (sulfide) groups is 1. The predicted molar refractivity (Wildman–Crippen MR) is 75.2 cm³/mol. The second-order valence-electron chi connectivity index (χ2n) is 4.28. The van der Waals surface area contributed by atoms with E-state index < -0.39 is 16.0 Å². The van der Waals surface area contributed by atoms with Crippen molar-refractivity contribution in [2.24, 2.45) is 7.05 Å². The van der Waals surface area contributed by atoms with E-state index in [9.17, 15) is 13.2 Å². The largest absolute Gasteiger partial charge is 0.477 e. The van der Waals surface area contributed by atoms with Gasteiger partial charge in [-0.1, -0.05) is 0 Å². The molecule has 0 spiro atoms. The number of aromatic nitrogens is 1. The van der Waals surface area contributed by atoms with Crippen LogP contribution in [0.4, 0.5) is 0 Å². The smallest absolute Gasteiger partial charge is 0.352 e. The van der Waals surface area contributed by atoms with E-state index in [-0.39, 0.29) is 16.6 Å². The van der Waals surface area contributed by atoms with E-state index in [2.05, 4.69) is 4.72 Å². The van der Waals surface area contributed by atoms with E-state index in [0.29, 0.717) is 0 Å². The van der Waals surface area contributed by atoms with Gasteiger partial charge in [-0.25, -0.2) is 17.9 Å². The van der Waals surface area contributed by atoms with Crippen LogP contribution in [0.5, 0.6) is 0 Å². The quantitative estimate of drug-likeness (QED) is 0.789. The second kappa shape index (κ2) is 6.44. The van der Waals surface area contributed by atoms with Gasteiger partial charge in [-0.3, -0.25) is 0 Å². The number of carboxylic acids is 1. The molecule has 1 unspecified atom stereocenters. The molecule has 0 saturated carbocycles. The Bertz CT molecular complexity index is 551. The number of aryl methyl sites for hydroxylation is 1. The number of sulfonamides is 1. The number of carbonyl (C=O) groups is 1. The summed E-state index contributed by atoms with van der Waals surface area (Å²) in [7, 11) is -2.17. The van der Waals surface area contributed by atoms with Gasteiger partial charge in [0.1, 0.15) is 10.6 Å². The first kappa shape index (κ1) is 16.1. The van der Waals surface area contributed by atoms with Crippen LogP contribution in [0.1, 0.15) is 23.8 Å². The Morgan fingerprint density at radius 3 is 2.68 bits per heavy atom. The average molecular weight is 306 g/mol. The van der Waals surface area contributed by atoms with Gasteiger partial charge in [0.15, 0.2) is 0 Å². The number of rotatable bonds is 7. The minimum atomic E-state index is -3.67. The van der Waals surface area contributed by atoms with Gasteiger partial charge >= 0.3 is 5.97 Å². The SMILES string of the molecule is CSCCC(C)NS(=O)(=O)c1cc(C(=O)O)n(C)c1. The van der Waals surface area contributed by atoms with Crippen molar-refractivity contribution >= 4 is 27.8 Å². The third kappa shape index (κ3) is 4.26. The Morgan fingerprint density at radius 1 is 1.58 bits per heavy atom. The summed E-state index contributed by atoms with van der Waals surface area (Å²) in [6, 6.07) is 0.970. The fourth-order valence-electron chi connectivity index (χ4n) is 1.58. The molecule has 0 saturated heterocycles. The van der Waals surface area contributed by atoms with E-state index in [1.165, 1.54) is 17.8 Å². The molecule has 0 amide bonds. The van der Waals surface area contributed by atoms with Gasteiger partial charge < -0.3 is 9.67 Å². The van der Waals surface area contributed by atoms with Crippen LogP contribution in [0.15, 0.2) is 17.2 Å². The molecule has 19 heavy (non-hydrogen) atoms. The molecule has 0 aliphatic heterocycles. The molecule has 2 N–H and O–H groups in total. The summed E-state index contributed by atoms with van der Waals surface area (Å²) in [6.07, 6.45) is 3.98.